The molecule has 0 amide bonds. The second-order valence-electron chi connectivity index (χ2n) is 15.8. The molecule has 0 spiro atoms. The lowest BCUT2D eigenvalue weighted by molar-refractivity contribution is 1.07. The van der Waals surface area contributed by atoms with Crippen molar-refractivity contribution in [2.75, 3.05) is 0 Å². The molecule has 0 saturated heterocycles. The minimum atomic E-state index is 0.613. The molecule has 3 aromatic heterocycles. The largest absolute Gasteiger partial charge is 0.309 e. The molecule has 3 heterocycles. The van der Waals surface area contributed by atoms with Crippen molar-refractivity contribution < 1.29 is 0 Å². The van der Waals surface area contributed by atoms with Crippen LogP contribution in [0.25, 0.3) is 117 Å². The molecule has 12 aromatic rings. The van der Waals surface area contributed by atoms with Crippen LogP contribution in [0.2, 0.25) is 0 Å². The molecule has 0 bridgehead atoms. The Bertz CT molecular complexity index is 3580. The Morgan fingerprint density at radius 3 is 1.27 bits per heavy atom. The monoisotopic (exact) mass is 803 g/mol. The Morgan fingerprint density at radius 2 is 0.698 bits per heavy atom. The summed E-state index contributed by atoms with van der Waals surface area (Å²) in [7, 11) is 0. The van der Waals surface area contributed by atoms with Crippen molar-refractivity contribution in [1.29, 1.82) is 0 Å². The number of hydrogen-bond donors (Lipinski definition) is 0. The van der Waals surface area contributed by atoms with Crippen molar-refractivity contribution >= 4 is 43.5 Å². The van der Waals surface area contributed by atoms with Crippen LogP contribution in [0.1, 0.15) is 0 Å². The molecule has 5 nitrogen and oxygen atoms in total. The fourth-order valence-electron chi connectivity index (χ4n) is 9.05. The van der Waals surface area contributed by atoms with Gasteiger partial charge in [-0.25, -0.2) is 19.9 Å². The molecule has 0 aliphatic rings. The summed E-state index contributed by atoms with van der Waals surface area (Å²) in [6.07, 6.45) is 0. The highest BCUT2D eigenvalue weighted by Crippen LogP contribution is 2.41. The van der Waals surface area contributed by atoms with E-state index < -0.39 is 0 Å². The van der Waals surface area contributed by atoms with Gasteiger partial charge in [-0.05, 0) is 81.6 Å². The maximum Gasteiger partial charge on any atom is 0.164 e. The van der Waals surface area contributed by atoms with Crippen LogP contribution in [-0.2, 0) is 0 Å². The summed E-state index contributed by atoms with van der Waals surface area (Å²) in [5, 5.41) is 5.95. The number of fused-ring (bicyclic) bond motifs is 6. The standard InChI is InChI=1S/C58H37N5/c1-4-16-38(17-5-1)50-37-51(40-18-6-2-7-19-40)59-52-36-49(45-22-10-11-25-48(45)55(50)52)39-28-30-42(31-29-39)57-60-56(41-20-8-3-9-21-41)61-58(62-57)43-32-34-44(35-33-43)63-53-26-14-12-23-46(53)47-24-13-15-27-54(47)63/h1-37H. The van der Waals surface area contributed by atoms with Crippen LogP contribution in [0.3, 0.4) is 0 Å². The van der Waals surface area contributed by atoms with E-state index in [9.17, 15) is 0 Å². The van der Waals surface area contributed by atoms with E-state index in [4.69, 9.17) is 19.9 Å². The predicted octanol–water partition coefficient (Wildman–Crippen LogP) is 14.7. The first kappa shape index (κ1) is 36.3. The number of benzene rings is 9. The molecule has 0 atom stereocenters. The highest BCUT2D eigenvalue weighted by atomic mass is 15.0. The third-order valence-corrected chi connectivity index (χ3v) is 12.1. The molecule has 294 valence electrons. The molecule has 0 fully saturated rings. The molecular formula is C58H37N5. The number of rotatable bonds is 7. The van der Waals surface area contributed by atoms with Gasteiger partial charge in [-0.2, -0.15) is 0 Å². The van der Waals surface area contributed by atoms with Gasteiger partial charge in [0.05, 0.1) is 22.2 Å². The van der Waals surface area contributed by atoms with Crippen molar-refractivity contribution in [2.24, 2.45) is 0 Å². The summed E-state index contributed by atoms with van der Waals surface area (Å²) >= 11 is 0. The highest BCUT2D eigenvalue weighted by Gasteiger charge is 2.18. The first-order valence-corrected chi connectivity index (χ1v) is 21.2. The Morgan fingerprint density at radius 1 is 0.286 bits per heavy atom. The van der Waals surface area contributed by atoms with Crippen molar-refractivity contribution in [3.63, 3.8) is 0 Å². The lowest BCUT2D eigenvalue weighted by Crippen LogP contribution is -2.00. The first-order valence-electron chi connectivity index (χ1n) is 21.2. The van der Waals surface area contributed by atoms with E-state index >= 15 is 0 Å². The van der Waals surface area contributed by atoms with Gasteiger partial charge in [0.15, 0.2) is 17.5 Å². The summed E-state index contributed by atoms with van der Waals surface area (Å²) in [5.74, 6) is 1.86. The normalized spacial score (nSPS) is 11.5. The summed E-state index contributed by atoms with van der Waals surface area (Å²) in [6, 6.07) is 78.6. The van der Waals surface area contributed by atoms with Gasteiger partial charge in [-0.3, -0.25) is 0 Å². The molecule has 5 heteroatoms. The van der Waals surface area contributed by atoms with Crippen LogP contribution in [0, 0.1) is 0 Å². The van der Waals surface area contributed by atoms with Gasteiger partial charge < -0.3 is 4.57 Å². The van der Waals surface area contributed by atoms with Crippen molar-refractivity contribution in [2.45, 2.75) is 0 Å². The smallest absolute Gasteiger partial charge is 0.164 e. The van der Waals surface area contributed by atoms with E-state index in [1.807, 2.05) is 36.4 Å². The summed E-state index contributed by atoms with van der Waals surface area (Å²) < 4.78 is 2.32. The second kappa shape index (κ2) is 15.2. The number of nitrogens with zero attached hydrogens (tertiary/aromatic N) is 5. The van der Waals surface area contributed by atoms with Crippen molar-refractivity contribution in [3.8, 4) is 73.4 Å². The molecule has 0 aliphatic heterocycles. The quantitative estimate of drug-likeness (QED) is 0.151. The fourth-order valence-corrected chi connectivity index (χ4v) is 9.05. The van der Waals surface area contributed by atoms with E-state index in [0.29, 0.717) is 17.5 Å². The zero-order valence-electron chi connectivity index (χ0n) is 34.1. The van der Waals surface area contributed by atoms with Crippen molar-refractivity contribution in [3.05, 3.63) is 224 Å². The van der Waals surface area contributed by atoms with Crippen LogP contribution in [-0.4, -0.2) is 24.5 Å². The van der Waals surface area contributed by atoms with Gasteiger partial charge >= 0.3 is 0 Å². The van der Waals surface area contributed by atoms with Crippen LogP contribution in [0.15, 0.2) is 224 Å². The van der Waals surface area contributed by atoms with Crippen molar-refractivity contribution in [1.82, 2.24) is 24.5 Å². The molecule has 0 unspecified atom stereocenters. The van der Waals surface area contributed by atoms with Crippen LogP contribution < -0.4 is 0 Å². The molecule has 0 radical (unpaired) electrons. The van der Waals surface area contributed by atoms with Gasteiger partial charge in [0, 0.05) is 44.1 Å². The first-order chi connectivity index (χ1) is 31.2. The van der Waals surface area contributed by atoms with Crippen LogP contribution >= 0.6 is 0 Å². The SMILES string of the molecule is c1ccc(-c2cc(-c3ccccc3)c3c(cc(-c4ccc(-c5nc(-c6ccccc6)nc(-c6ccc(-n7c8ccccc8c8ccccc87)cc6)n5)cc4)c4ccccc43)n2)cc1. The zero-order valence-corrected chi connectivity index (χ0v) is 34.1. The van der Waals surface area contributed by atoms with Gasteiger partial charge in [-0.15, -0.1) is 0 Å². The maximum absolute atomic E-state index is 5.33. The Balaban J connectivity index is 0.964. The molecular weight excluding hydrogens is 767 g/mol. The Hall–Kier alpha value is -8.54. The zero-order chi connectivity index (χ0) is 41.7. The third-order valence-electron chi connectivity index (χ3n) is 12.1. The van der Waals surface area contributed by atoms with Gasteiger partial charge in [0.1, 0.15) is 0 Å². The Labute approximate surface area is 364 Å². The molecule has 0 aliphatic carbocycles. The number of para-hydroxylation sites is 2. The van der Waals surface area contributed by atoms with E-state index in [1.165, 1.54) is 38.1 Å². The van der Waals surface area contributed by atoms with E-state index in [2.05, 4.69) is 193 Å². The van der Waals surface area contributed by atoms with Gasteiger partial charge in [-0.1, -0.05) is 176 Å². The highest BCUT2D eigenvalue weighted by molar-refractivity contribution is 6.18. The minimum absolute atomic E-state index is 0.613. The number of hydrogen-bond acceptors (Lipinski definition) is 4. The van der Waals surface area contributed by atoms with E-state index in [1.54, 1.807) is 0 Å². The van der Waals surface area contributed by atoms with Gasteiger partial charge in [0.25, 0.3) is 0 Å². The lowest BCUT2D eigenvalue weighted by Gasteiger charge is -2.16. The Kier molecular flexibility index (Phi) is 8.75. The summed E-state index contributed by atoms with van der Waals surface area (Å²) in [5.41, 5.74) is 13.7. The third kappa shape index (κ3) is 6.42. The molecule has 63 heavy (non-hydrogen) atoms. The topological polar surface area (TPSA) is 56.5 Å². The average Bonchev–Trinajstić information content (AvgIpc) is 3.71. The summed E-state index contributed by atoms with van der Waals surface area (Å²) in [4.78, 5) is 20.6. The molecule has 9 aromatic carbocycles. The molecule has 12 rings (SSSR count). The number of pyridine rings is 1. The van der Waals surface area contributed by atoms with E-state index in [0.717, 1.165) is 61.2 Å². The molecule has 0 saturated carbocycles. The van der Waals surface area contributed by atoms with Crippen LogP contribution in [0.4, 0.5) is 0 Å². The average molecular weight is 804 g/mol. The fraction of sp³-hybridized carbons (Fsp3) is 0. The lowest BCUT2D eigenvalue weighted by atomic mass is 9.90. The summed E-state index contributed by atoms with van der Waals surface area (Å²) in [6.45, 7) is 0. The van der Waals surface area contributed by atoms with Gasteiger partial charge in [0.2, 0.25) is 0 Å². The number of aromatic nitrogens is 5. The van der Waals surface area contributed by atoms with E-state index in [-0.39, 0.29) is 0 Å². The maximum atomic E-state index is 5.33. The minimum Gasteiger partial charge on any atom is -0.309 e. The van der Waals surface area contributed by atoms with Crippen LogP contribution in [0.5, 0.6) is 0 Å². The molecule has 0 N–H and O–H groups in total. The predicted molar refractivity (Wildman–Crippen MR) is 260 cm³/mol. The second-order valence-corrected chi connectivity index (χ2v) is 15.8.